The van der Waals surface area contributed by atoms with Crippen LogP contribution in [-0.4, -0.2) is 33.4 Å². The van der Waals surface area contributed by atoms with Crippen molar-refractivity contribution in [2.75, 3.05) is 17.0 Å². The molecule has 28 heavy (non-hydrogen) atoms. The van der Waals surface area contributed by atoms with Crippen LogP contribution < -0.4 is 4.72 Å². The van der Waals surface area contributed by atoms with E-state index in [1.54, 1.807) is 13.0 Å². The molecule has 1 aliphatic rings. The summed E-state index contributed by atoms with van der Waals surface area (Å²) in [7, 11) is -7.87. The van der Waals surface area contributed by atoms with Gasteiger partial charge in [-0.1, -0.05) is 19.1 Å². The van der Waals surface area contributed by atoms with Crippen molar-refractivity contribution in [3.8, 4) is 0 Å². The average Bonchev–Trinajstić information content (AvgIpc) is 2.60. The lowest BCUT2D eigenvalue weighted by molar-refractivity contribution is 0.391. The van der Waals surface area contributed by atoms with E-state index in [0.717, 1.165) is 23.8 Å². The zero-order chi connectivity index (χ0) is 20.5. The van der Waals surface area contributed by atoms with Crippen LogP contribution in [0.1, 0.15) is 24.5 Å². The normalized spacial score (nSPS) is 15.2. The number of fused-ring (bicyclic) bond motifs is 1. The molecule has 0 aromatic heterocycles. The van der Waals surface area contributed by atoms with E-state index in [1.165, 1.54) is 16.4 Å². The van der Waals surface area contributed by atoms with Crippen molar-refractivity contribution >= 4 is 25.7 Å². The van der Waals surface area contributed by atoms with Gasteiger partial charge in [-0.15, -0.1) is 0 Å². The van der Waals surface area contributed by atoms with Crippen molar-refractivity contribution in [3.63, 3.8) is 0 Å². The van der Waals surface area contributed by atoms with Crippen LogP contribution in [0.5, 0.6) is 0 Å². The molecule has 152 valence electrons. The van der Waals surface area contributed by atoms with Crippen molar-refractivity contribution in [1.29, 1.82) is 0 Å². The second-order valence-corrected chi connectivity index (χ2v) is 10.2. The van der Waals surface area contributed by atoms with Gasteiger partial charge >= 0.3 is 0 Å². The molecule has 0 bridgehead atoms. The largest absolute Gasteiger partial charge is 0.279 e. The Kier molecular flexibility index (Phi) is 5.74. The van der Waals surface area contributed by atoms with Crippen LogP contribution in [0, 0.1) is 11.6 Å². The lowest BCUT2D eigenvalue weighted by Gasteiger charge is -2.28. The Bertz CT molecular complexity index is 1080. The number of sulfonamides is 2. The van der Waals surface area contributed by atoms with Gasteiger partial charge in [-0.05, 0) is 48.2 Å². The summed E-state index contributed by atoms with van der Waals surface area (Å²) in [6, 6.07) is 7.48. The van der Waals surface area contributed by atoms with Crippen molar-refractivity contribution in [1.82, 2.24) is 4.31 Å². The Morgan fingerprint density at radius 3 is 2.36 bits per heavy atom. The molecule has 10 heteroatoms. The summed E-state index contributed by atoms with van der Waals surface area (Å²) in [6.07, 6.45) is 1.01. The third-order valence-electron chi connectivity index (χ3n) is 4.48. The lowest BCUT2D eigenvalue weighted by Crippen LogP contribution is -2.37. The summed E-state index contributed by atoms with van der Waals surface area (Å²) in [5.74, 6) is -2.34. The van der Waals surface area contributed by atoms with E-state index in [4.69, 9.17) is 0 Å². The number of rotatable bonds is 6. The standard InChI is InChI=1S/C18H20F2N2O4S2/c1-2-10-27(23,24)22-9-8-13-6-7-15(11-14(13)12-22)21-28(25,26)18-16(19)4-3-5-17(18)20/h3-7,11,21H,2,8-10,12H2,1H3. The van der Waals surface area contributed by atoms with Gasteiger partial charge in [0.2, 0.25) is 10.0 Å². The number of hydrogen-bond acceptors (Lipinski definition) is 4. The van der Waals surface area contributed by atoms with Crippen molar-refractivity contribution in [2.24, 2.45) is 0 Å². The third-order valence-corrected chi connectivity index (χ3v) is 7.93. The predicted molar refractivity (Wildman–Crippen MR) is 102 cm³/mol. The molecule has 0 amide bonds. The highest BCUT2D eigenvalue weighted by atomic mass is 32.2. The minimum Gasteiger partial charge on any atom is -0.279 e. The van der Waals surface area contributed by atoms with E-state index in [1.807, 2.05) is 0 Å². The van der Waals surface area contributed by atoms with Crippen molar-refractivity contribution < 1.29 is 25.6 Å². The number of benzene rings is 2. The minimum atomic E-state index is -4.48. The van der Waals surface area contributed by atoms with Gasteiger partial charge in [-0.2, -0.15) is 4.31 Å². The van der Waals surface area contributed by atoms with Gasteiger partial charge in [0, 0.05) is 18.8 Å². The summed E-state index contributed by atoms with van der Waals surface area (Å²) in [6.45, 7) is 2.27. The topological polar surface area (TPSA) is 83.6 Å². The molecule has 1 heterocycles. The van der Waals surface area contributed by atoms with Gasteiger partial charge in [0.1, 0.15) is 11.6 Å². The Labute approximate surface area is 163 Å². The first kappa shape index (κ1) is 20.7. The quantitative estimate of drug-likeness (QED) is 0.764. The Balaban J connectivity index is 1.89. The average molecular weight is 430 g/mol. The highest BCUT2D eigenvalue weighted by Gasteiger charge is 2.27. The molecular weight excluding hydrogens is 410 g/mol. The molecule has 6 nitrogen and oxygen atoms in total. The first-order chi connectivity index (χ1) is 13.1. The number of halogens is 2. The number of hydrogen-bond donors (Lipinski definition) is 1. The zero-order valence-electron chi connectivity index (χ0n) is 15.2. The van der Waals surface area contributed by atoms with Gasteiger partial charge < -0.3 is 0 Å². The van der Waals surface area contributed by atoms with Crippen molar-refractivity contribution in [3.05, 3.63) is 59.2 Å². The van der Waals surface area contributed by atoms with E-state index in [0.29, 0.717) is 24.9 Å². The van der Waals surface area contributed by atoms with Crippen LogP contribution >= 0.6 is 0 Å². The lowest BCUT2D eigenvalue weighted by atomic mass is 10.0. The Morgan fingerprint density at radius 1 is 1.04 bits per heavy atom. The number of nitrogens with zero attached hydrogens (tertiary/aromatic N) is 1. The summed E-state index contributed by atoms with van der Waals surface area (Å²) in [5, 5.41) is 0. The van der Waals surface area contributed by atoms with Gasteiger partial charge in [-0.25, -0.2) is 25.6 Å². The Hall–Kier alpha value is -2.04. The van der Waals surface area contributed by atoms with Crippen LogP contribution in [0.25, 0.3) is 0 Å². The van der Waals surface area contributed by atoms with Crippen molar-refractivity contribution in [2.45, 2.75) is 31.2 Å². The SMILES string of the molecule is CCCS(=O)(=O)N1CCc2ccc(NS(=O)(=O)c3c(F)cccc3F)cc2C1. The van der Waals surface area contributed by atoms with Gasteiger partial charge in [0.05, 0.1) is 5.75 Å². The molecule has 0 saturated heterocycles. The van der Waals surface area contributed by atoms with E-state index in [2.05, 4.69) is 4.72 Å². The molecule has 0 atom stereocenters. The molecule has 0 aliphatic carbocycles. The van der Waals surface area contributed by atoms with Crippen LogP contribution in [0.4, 0.5) is 14.5 Å². The van der Waals surface area contributed by atoms with E-state index < -0.39 is 36.6 Å². The van der Waals surface area contributed by atoms with Gasteiger partial charge in [0.25, 0.3) is 10.0 Å². The maximum absolute atomic E-state index is 13.8. The molecule has 0 fully saturated rings. The smallest absolute Gasteiger partial charge is 0.267 e. The van der Waals surface area contributed by atoms with E-state index in [-0.39, 0.29) is 18.0 Å². The summed E-state index contributed by atoms with van der Waals surface area (Å²) < 4.78 is 80.7. The third kappa shape index (κ3) is 4.18. The fourth-order valence-corrected chi connectivity index (χ4v) is 5.83. The van der Waals surface area contributed by atoms with Crippen LogP contribution in [-0.2, 0) is 33.0 Å². The molecule has 0 radical (unpaired) electrons. The zero-order valence-corrected chi connectivity index (χ0v) is 16.8. The van der Waals surface area contributed by atoms with E-state index >= 15 is 0 Å². The summed E-state index contributed by atoms with van der Waals surface area (Å²) in [4.78, 5) is -1.06. The molecule has 0 unspecified atom stereocenters. The van der Waals surface area contributed by atoms with Gasteiger partial charge in [-0.3, -0.25) is 4.72 Å². The van der Waals surface area contributed by atoms with Crippen LogP contribution in [0.2, 0.25) is 0 Å². The maximum atomic E-state index is 13.8. The number of anilines is 1. The molecule has 2 aromatic rings. The number of nitrogens with one attached hydrogen (secondary N) is 1. The molecule has 1 N–H and O–H groups in total. The highest BCUT2D eigenvalue weighted by molar-refractivity contribution is 7.92. The molecule has 3 rings (SSSR count). The fraction of sp³-hybridized carbons (Fsp3) is 0.333. The Morgan fingerprint density at radius 2 is 1.71 bits per heavy atom. The monoisotopic (exact) mass is 430 g/mol. The molecule has 0 saturated carbocycles. The minimum absolute atomic E-state index is 0.0429. The first-order valence-corrected chi connectivity index (χ1v) is 11.8. The molecular formula is C18H20F2N2O4S2. The summed E-state index contributed by atoms with van der Waals surface area (Å²) in [5.41, 5.74) is 1.67. The predicted octanol–water partition coefficient (Wildman–Crippen LogP) is 2.86. The second kappa shape index (κ2) is 7.76. The van der Waals surface area contributed by atoms with E-state index in [9.17, 15) is 25.6 Å². The molecule has 0 spiro atoms. The second-order valence-electron chi connectivity index (χ2n) is 6.54. The van der Waals surface area contributed by atoms with Crippen LogP contribution in [0.15, 0.2) is 41.3 Å². The molecule has 2 aromatic carbocycles. The van der Waals surface area contributed by atoms with Gasteiger partial charge in [0.15, 0.2) is 4.90 Å². The fourth-order valence-electron chi connectivity index (χ4n) is 3.16. The summed E-state index contributed by atoms with van der Waals surface area (Å²) >= 11 is 0. The highest BCUT2D eigenvalue weighted by Crippen LogP contribution is 2.27. The van der Waals surface area contributed by atoms with Crippen LogP contribution in [0.3, 0.4) is 0 Å². The molecule has 1 aliphatic heterocycles. The maximum Gasteiger partial charge on any atom is 0.267 e. The first-order valence-electron chi connectivity index (χ1n) is 8.70.